The molecular formula is C19H37N. The van der Waals surface area contributed by atoms with E-state index in [0.717, 1.165) is 12.8 Å². The third-order valence-electron chi connectivity index (χ3n) is 4.24. The lowest BCUT2D eigenvalue weighted by Gasteiger charge is -2.08. The highest BCUT2D eigenvalue weighted by molar-refractivity contribution is 4.82. The van der Waals surface area contributed by atoms with Crippen LogP contribution in [0.15, 0.2) is 0 Å². The number of hydrogen-bond acceptors (Lipinski definition) is 1. The van der Waals surface area contributed by atoms with E-state index in [1.54, 1.807) is 0 Å². The van der Waals surface area contributed by atoms with Crippen LogP contribution in [0.3, 0.4) is 0 Å². The Morgan fingerprint density at radius 1 is 0.600 bits per heavy atom. The van der Waals surface area contributed by atoms with Gasteiger partial charge in [-0.1, -0.05) is 97.3 Å². The second-order valence-corrected chi connectivity index (χ2v) is 6.29. The fourth-order valence-corrected chi connectivity index (χ4v) is 2.79. The highest BCUT2D eigenvalue weighted by atomic mass is 14.3. The number of nitrogens with zero attached hydrogens (tertiary/aromatic N) is 1. The summed E-state index contributed by atoms with van der Waals surface area (Å²) in [6.07, 6.45) is 19.8. The van der Waals surface area contributed by atoms with Gasteiger partial charge in [0.1, 0.15) is 0 Å². The molecule has 0 aliphatic carbocycles. The first-order valence-corrected chi connectivity index (χ1v) is 9.24. The van der Waals surface area contributed by atoms with E-state index in [9.17, 15) is 5.26 Å². The first kappa shape index (κ1) is 19.5. The lowest BCUT2D eigenvalue weighted by molar-refractivity contribution is 0.471. The summed E-state index contributed by atoms with van der Waals surface area (Å²) in [7, 11) is 0. The van der Waals surface area contributed by atoms with Crippen LogP contribution in [0.5, 0.6) is 0 Å². The molecule has 0 aromatic carbocycles. The Morgan fingerprint density at radius 2 is 0.950 bits per heavy atom. The van der Waals surface area contributed by atoms with Crippen molar-refractivity contribution in [1.29, 1.82) is 5.26 Å². The van der Waals surface area contributed by atoms with Gasteiger partial charge >= 0.3 is 0 Å². The first-order valence-electron chi connectivity index (χ1n) is 9.24. The van der Waals surface area contributed by atoms with Crippen molar-refractivity contribution in [3.8, 4) is 6.07 Å². The minimum Gasteiger partial charge on any atom is -0.198 e. The third-order valence-corrected chi connectivity index (χ3v) is 4.24. The Bertz CT molecular complexity index is 216. The minimum absolute atomic E-state index is 0.330. The predicted molar refractivity (Wildman–Crippen MR) is 89.7 cm³/mol. The van der Waals surface area contributed by atoms with Crippen LogP contribution in [0.4, 0.5) is 0 Å². The number of hydrogen-bond donors (Lipinski definition) is 0. The van der Waals surface area contributed by atoms with Gasteiger partial charge in [0, 0.05) is 5.92 Å². The van der Waals surface area contributed by atoms with E-state index in [0.29, 0.717) is 5.92 Å². The van der Waals surface area contributed by atoms with E-state index < -0.39 is 0 Å². The van der Waals surface area contributed by atoms with Crippen molar-refractivity contribution in [2.75, 3.05) is 0 Å². The van der Waals surface area contributed by atoms with Crippen molar-refractivity contribution in [3.63, 3.8) is 0 Å². The van der Waals surface area contributed by atoms with Gasteiger partial charge in [0.15, 0.2) is 0 Å². The van der Waals surface area contributed by atoms with Gasteiger partial charge in [0.2, 0.25) is 0 Å². The van der Waals surface area contributed by atoms with E-state index in [2.05, 4.69) is 19.9 Å². The van der Waals surface area contributed by atoms with Crippen LogP contribution in [0.2, 0.25) is 0 Å². The lowest BCUT2D eigenvalue weighted by Crippen LogP contribution is -1.97. The van der Waals surface area contributed by atoms with Gasteiger partial charge < -0.3 is 0 Å². The van der Waals surface area contributed by atoms with Gasteiger partial charge in [0.25, 0.3) is 0 Å². The highest BCUT2D eigenvalue weighted by Gasteiger charge is 2.06. The Morgan fingerprint density at radius 3 is 1.30 bits per heavy atom. The minimum atomic E-state index is 0.330. The Balaban J connectivity index is 3.32. The summed E-state index contributed by atoms with van der Waals surface area (Å²) in [5.74, 6) is 0.330. The van der Waals surface area contributed by atoms with E-state index in [1.165, 1.54) is 83.5 Å². The summed E-state index contributed by atoms with van der Waals surface area (Å²) < 4.78 is 0. The number of unbranched alkanes of at least 4 members (excludes halogenated alkanes) is 11. The fourth-order valence-electron chi connectivity index (χ4n) is 2.79. The standard InChI is InChI=1S/C19H37N/c1-3-5-7-9-11-13-15-17-19(18-20)16-14-12-10-8-6-4-2/h19H,3-17H2,1-2H3. The number of nitriles is 1. The van der Waals surface area contributed by atoms with Crippen molar-refractivity contribution in [2.24, 2.45) is 5.92 Å². The fraction of sp³-hybridized carbons (Fsp3) is 0.947. The zero-order chi connectivity index (χ0) is 14.9. The van der Waals surface area contributed by atoms with E-state index in [4.69, 9.17) is 0 Å². The molecule has 0 saturated carbocycles. The van der Waals surface area contributed by atoms with Crippen LogP contribution in [0.1, 0.15) is 110 Å². The van der Waals surface area contributed by atoms with Crippen molar-refractivity contribution in [2.45, 2.75) is 110 Å². The third kappa shape index (κ3) is 13.9. The normalized spacial score (nSPS) is 12.2. The van der Waals surface area contributed by atoms with Crippen LogP contribution < -0.4 is 0 Å². The summed E-state index contributed by atoms with van der Waals surface area (Å²) in [5.41, 5.74) is 0. The quantitative estimate of drug-likeness (QED) is 0.295. The Labute approximate surface area is 128 Å². The van der Waals surface area contributed by atoms with Crippen LogP contribution >= 0.6 is 0 Å². The molecule has 1 unspecified atom stereocenters. The molecule has 0 fully saturated rings. The Hall–Kier alpha value is -0.510. The van der Waals surface area contributed by atoms with E-state index >= 15 is 0 Å². The summed E-state index contributed by atoms with van der Waals surface area (Å²) >= 11 is 0. The van der Waals surface area contributed by atoms with Crippen molar-refractivity contribution in [1.82, 2.24) is 0 Å². The van der Waals surface area contributed by atoms with Crippen LogP contribution in [0, 0.1) is 17.2 Å². The maximum Gasteiger partial charge on any atom is 0.0655 e. The monoisotopic (exact) mass is 279 g/mol. The summed E-state index contributed by atoms with van der Waals surface area (Å²) in [6.45, 7) is 4.52. The molecule has 118 valence electrons. The molecular weight excluding hydrogens is 242 g/mol. The maximum atomic E-state index is 9.19. The molecule has 20 heavy (non-hydrogen) atoms. The molecule has 0 aliphatic rings. The van der Waals surface area contributed by atoms with Crippen molar-refractivity contribution >= 4 is 0 Å². The maximum absolute atomic E-state index is 9.19. The molecule has 1 nitrogen and oxygen atoms in total. The molecule has 1 atom stereocenters. The molecule has 0 heterocycles. The molecule has 0 amide bonds. The SMILES string of the molecule is CCCCCCCCCC(C#N)CCCCCCCC. The van der Waals surface area contributed by atoms with E-state index in [-0.39, 0.29) is 0 Å². The van der Waals surface area contributed by atoms with E-state index in [1.807, 2.05) is 0 Å². The summed E-state index contributed by atoms with van der Waals surface area (Å²) in [6, 6.07) is 2.52. The van der Waals surface area contributed by atoms with Gasteiger partial charge in [0.05, 0.1) is 6.07 Å². The average molecular weight is 280 g/mol. The molecule has 0 radical (unpaired) electrons. The molecule has 0 spiro atoms. The van der Waals surface area contributed by atoms with Gasteiger partial charge in [-0.25, -0.2) is 0 Å². The molecule has 0 saturated heterocycles. The van der Waals surface area contributed by atoms with Gasteiger partial charge in [-0.3, -0.25) is 0 Å². The van der Waals surface area contributed by atoms with Gasteiger partial charge in [-0.15, -0.1) is 0 Å². The molecule has 0 aromatic rings. The van der Waals surface area contributed by atoms with Gasteiger partial charge in [-0.05, 0) is 12.8 Å². The lowest BCUT2D eigenvalue weighted by atomic mass is 9.95. The highest BCUT2D eigenvalue weighted by Crippen LogP contribution is 2.18. The van der Waals surface area contributed by atoms with Crippen LogP contribution in [-0.2, 0) is 0 Å². The number of rotatable bonds is 15. The molecule has 1 heteroatoms. The molecule has 0 bridgehead atoms. The van der Waals surface area contributed by atoms with Gasteiger partial charge in [-0.2, -0.15) is 5.26 Å². The largest absolute Gasteiger partial charge is 0.198 e. The second-order valence-electron chi connectivity index (χ2n) is 6.29. The van der Waals surface area contributed by atoms with Crippen LogP contribution in [-0.4, -0.2) is 0 Å². The zero-order valence-electron chi connectivity index (χ0n) is 14.1. The summed E-state index contributed by atoms with van der Waals surface area (Å²) in [4.78, 5) is 0. The average Bonchev–Trinajstić information content (AvgIpc) is 2.47. The second kappa shape index (κ2) is 16.5. The van der Waals surface area contributed by atoms with Crippen molar-refractivity contribution in [3.05, 3.63) is 0 Å². The van der Waals surface area contributed by atoms with Crippen LogP contribution in [0.25, 0.3) is 0 Å². The smallest absolute Gasteiger partial charge is 0.0655 e. The summed E-state index contributed by atoms with van der Waals surface area (Å²) in [5, 5.41) is 9.19. The Kier molecular flexibility index (Phi) is 16.1. The zero-order valence-corrected chi connectivity index (χ0v) is 14.1. The van der Waals surface area contributed by atoms with Crippen molar-refractivity contribution < 1.29 is 0 Å². The molecule has 0 aliphatic heterocycles. The molecule has 0 aromatic heterocycles. The predicted octanol–water partition coefficient (Wildman–Crippen LogP) is 7.02. The molecule has 0 rings (SSSR count). The first-order chi connectivity index (χ1) is 9.85. The topological polar surface area (TPSA) is 23.8 Å². The molecule has 0 N–H and O–H groups in total.